The van der Waals surface area contributed by atoms with Crippen molar-refractivity contribution < 1.29 is 32.9 Å². The van der Waals surface area contributed by atoms with E-state index in [0.717, 1.165) is 64.2 Å². The summed E-state index contributed by atoms with van der Waals surface area (Å²) >= 11 is 0. The van der Waals surface area contributed by atoms with Crippen molar-refractivity contribution in [3.8, 4) is 0 Å². The van der Waals surface area contributed by atoms with E-state index in [1.165, 1.54) is 161 Å². The van der Waals surface area contributed by atoms with Crippen LogP contribution in [0.2, 0.25) is 0 Å². The minimum absolute atomic E-state index is 0.000961. The molecule has 0 heterocycles. The average molecular weight is 947 g/mol. The van der Waals surface area contributed by atoms with Gasteiger partial charge < -0.3 is 28.8 Å². The highest BCUT2D eigenvalue weighted by molar-refractivity contribution is 7.45. The number of quaternary nitrogens is 1. The van der Waals surface area contributed by atoms with Crippen molar-refractivity contribution in [2.75, 3.05) is 40.9 Å². The Hall–Kier alpha value is -1.80. The Morgan fingerprint density at radius 1 is 0.545 bits per heavy atom. The number of likely N-dealkylation sites (N-methyl/N-ethyl adjacent to an activating group) is 1. The molecule has 0 radical (unpaired) electrons. The zero-order valence-corrected chi connectivity index (χ0v) is 44.8. The summed E-state index contributed by atoms with van der Waals surface area (Å²) in [6.07, 6.45) is 64.5. The third-order valence-electron chi connectivity index (χ3n) is 12.2. The van der Waals surface area contributed by atoms with Crippen molar-refractivity contribution in [3.63, 3.8) is 0 Å². The summed E-state index contributed by atoms with van der Waals surface area (Å²) in [5, 5.41) is 13.8. The maximum Gasteiger partial charge on any atom is 0.268 e. The molecule has 0 spiro atoms. The summed E-state index contributed by atoms with van der Waals surface area (Å²) in [6.45, 7) is 4.53. The third-order valence-corrected chi connectivity index (χ3v) is 13.2. The standard InChI is InChI=1S/C57H107N2O6P/c1-6-8-10-12-14-16-18-19-20-21-22-23-24-25-26-27-28-29-30-31-32-33-34-35-36-37-38-39-41-43-45-47-49-51-57(61)58-55(54-65-66(62,63)64-53-52-59(3,4)5)56(60)50-48-46-44-42-40-17-15-13-11-9-7-2/h8,10,14,16,19-20,22-23,48,50,55-56,60H,6-7,9,11-13,15,17-18,21,24-47,49,51-54H2,1-5H3,(H-,58,61,62,63)/b10-8-,16-14-,20-19-,23-22-,50-48+. The van der Waals surface area contributed by atoms with Gasteiger partial charge in [-0.3, -0.25) is 9.36 Å². The van der Waals surface area contributed by atoms with Gasteiger partial charge in [-0.25, -0.2) is 0 Å². The first-order valence-corrected chi connectivity index (χ1v) is 29.1. The fourth-order valence-electron chi connectivity index (χ4n) is 7.91. The number of unbranched alkanes of at least 4 members (excludes halogenated alkanes) is 29. The molecule has 386 valence electrons. The third kappa shape index (κ3) is 50.1. The van der Waals surface area contributed by atoms with Gasteiger partial charge in [0.15, 0.2) is 0 Å². The monoisotopic (exact) mass is 947 g/mol. The van der Waals surface area contributed by atoms with E-state index < -0.39 is 20.0 Å². The molecule has 0 aromatic rings. The van der Waals surface area contributed by atoms with E-state index in [0.29, 0.717) is 17.4 Å². The van der Waals surface area contributed by atoms with Gasteiger partial charge in [0.25, 0.3) is 7.82 Å². The first-order chi connectivity index (χ1) is 32.0. The SMILES string of the molecule is CC/C=C\C/C=C\C/C=C\C/C=C\CCCCCCCCCCCCCCCCCCCCCCC(=O)NC(COP(=O)([O-])OCC[N+](C)(C)C)C(O)/C=C/CCCCCCCCCCC. The van der Waals surface area contributed by atoms with Gasteiger partial charge in [-0.15, -0.1) is 0 Å². The van der Waals surface area contributed by atoms with Crippen molar-refractivity contribution in [2.45, 2.75) is 257 Å². The van der Waals surface area contributed by atoms with Gasteiger partial charge in [0, 0.05) is 6.42 Å². The number of nitrogens with one attached hydrogen (secondary N) is 1. The fraction of sp³-hybridized carbons (Fsp3) is 0.807. The molecule has 9 heteroatoms. The maximum atomic E-state index is 12.9. The predicted octanol–water partition coefficient (Wildman–Crippen LogP) is 15.9. The van der Waals surface area contributed by atoms with E-state index >= 15 is 0 Å². The molecule has 0 aliphatic heterocycles. The summed E-state index contributed by atoms with van der Waals surface area (Å²) in [5.41, 5.74) is 0. The molecule has 2 N–H and O–H groups in total. The minimum Gasteiger partial charge on any atom is -0.756 e. The lowest BCUT2D eigenvalue weighted by molar-refractivity contribution is -0.870. The summed E-state index contributed by atoms with van der Waals surface area (Å²) in [7, 11) is 1.26. The average Bonchev–Trinajstić information content (AvgIpc) is 3.28. The lowest BCUT2D eigenvalue weighted by atomic mass is 10.0. The van der Waals surface area contributed by atoms with Gasteiger partial charge in [0.1, 0.15) is 13.2 Å². The second-order valence-electron chi connectivity index (χ2n) is 19.9. The molecule has 8 nitrogen and oxygen atoms in total. The van der Waals surface area contributed by atoms with E-state index in [1.807, 2.05) is 27.2 Å². The highest BCUT2D eigenvalue weighted by Crippen LogP contribution is 2.38. The van der Waals surface area contributed by atoms with E-state index in [2.05, 4.69) is 67.8 Å². The van der Waals surface area contributed by atoms with Crippen LogP contribution in [0.5, 0.6) is 0 Å². The first kappa shape index (κ1) is 64.2. The van der Waals surface area contributed by atoms with Crippen LogP contribution < -0.4 is 10.2 Å². The number of phosphoric ester groups is 1. The molecule has 0 aromatic heterocycles. The molecule has 0 aromatic carbocycles. The normalized spacial score (nSPS) is 14.5. The fourth-order valence-corrected chi connectivity index (χ4v) is 8.63. The molecular formula is C57H107N2O6P. The second-order valence-corrected chi connectivity index (χ2v) is 21.3. The second kappa shape index (κ2) is 48.2. The van der Waals surface area contributed by atoms with Crippen molar-refractivity contribution in [1.29, 1.82) is 0 Å². The van der Waals surface area contributed by atoms with Crippen LogP contribution in [0.3, 0.4) is 0 Å². The van der Waals surface area contributed by atoms with Crippen LogP contribution in [0.15, 0.2) is 60.8 Å². The van der Waals surface area contributed by atoms with Crippen LogP contribution >= 0.6 is 7.82 Å². The summed E-state index contributed by atoms with van der Waals surface area (Å²) in [4.78, 5) is 25.4. The Morgan fingerprint density at radius 3 is 1.35 bits per heavy atom. The molecular weight excluding hydrogens is 840 g/mol. The highest BCUT2D eigenvalue weighted by Gasteiger charge is 2.23. The number of nitrogens with zero attached hydrogens (tertiary/aromatic N) is 1. The molecule has 0 aliphatic carbocycles. The summed E-state index contributed by atoms with van der Waals surface area (Å²) in [6, 6.07) is -0.885. The topological polar surface area (TPSA) is 108 Å². The Labute approximate surface area is 409 Å². The molecule has 0 aliphatic rings. The molecule has 0 saturated heterocycles. The Kier molecular flexibility index (Phi) is 46.9. The van der Waals surface area contributed by atoms with E-state index in [4.69, 9.17) is 9.05 Å². The number of aliphatic hydroxyl groups excluding tert-OH is 1. The molecule has 66 heavy (non-hydrogen) atoms. The zero-order chi connectivity index (χ0) is 48.5. The Balaban J connectivity index is 3.98. The van der Waals surface area contributed by atoms with Gasteiger partial charge in [-0.1, -0.05) is 242 Å². The number of amides is 1. The van der Waals surface area contributed by atoms with E-state index in [-0.39, 0.29) is 19.1 Å². The van der Waals surface area contributed by atoms with E-state index in [1.54, 1.807) is 6.08 Å². The lowest BCUT2D eigenvalue weighted by Gasteiger charge is -2.29. The van der Waals surface area contributed by atoms with Crippen molar-refractivity contribution in [1.82, 2.24) is 5.32 Å². The largest absolute Gasteiger partial charge is 0.756 e. The molecule has 0 saturated carbocycles. The van der Waals surface area contributed by atoms with Gasteiger partial charge in [-0.05, 0) is 57.8 Å². The molecule has 0 rings (SSSR count). The summed E-state index contributed by atoms with van der Waals surface area (Å²) in [5.74, 6) is -0.197. The Morgan fingerprint density at radius 2 is 0.924 bits per heavy atom. The maximum absolute atomic E-state index is 12.9. The number of phosphoric acid groups is 1. The number of allylic oxidation sites excluding steroid dienone is 9. The van der Waals surface area contributed by atoms with Crippen LogP contribution in [0.25, 0.3) is 0 Å². The molecule has 0 bridgehead atoms. The van der Waals surface area contributed by atoms with Gasteiger partial charge in [0.05, 0.1) is 39.9 Å². The smallest absolute Gasteiger partial charge is 0.268 e. The number of hydrogen-bond donors (Lipinski definition) is 2. The number of carbonyl (C=O) groups is 1. The lowest BCUT2D eigenvalue weighted by Crippen LogP contribution is -2.45. The van der Waals surface area contributed by atoms with Gasteiger partial charge in [-0.2, -0.15) is 0 Å². The van der Waals surface area contributed by atoms with Crippen molar-refractivity contribution in [3.05, 3.63) is 60.8 Å². The van der Waals surface area contributed by atoms with Crippen LogP contribution in [0.4, 0.5) is 0 Å². The highest BCUT2D eigenvalue weighted by atomic mass is 31.2. The van der Waals surface area contributed by atoms with Crippen LogP contribution in [0, 0.1) is 0 Å². The van der Waals surface area contributed by atoms with Crippen molar-refractivity contribution in [2.24, 2.45) is 0 Å². The van der Waals surface area contributed by atoms with Gasteiger partial charge >= 0.3 is 0 Å². The number of rotatable bonds is 50. The van der Waals surface area contributed by atoms with Crippen LogP contribution in [0.1, 0.15) is 245 Å². The molecule has 3 unspecified atom stereocenters. The number of carbonyl (C=O) groups excluding carboxylic acids is 1. The number of hydrogen-bond acceptors (Lipinski definition) is 6. The quantitative estimate of drug-likeness (QED) is 0.0272. The molecule has 0 fully saturated rings. The predicted molar refractivity (Wildman–Crippen MR) is 284 cm³/mol. The van der Waals surface area contributed by atoms with E-state index in [9.17, 15) is 19.4 Å². The van der Waals surface area contributed by atoms with Crippen molar-refractivity contribution >= 4 is 13.7 Å². The Bertz CT molecular complexity index is 1260. The minimum atomic E-state index is -4.59. The number of aliphatic hydroxyl groups is 1. The molecule has 1 amide bonds. The zero-order valence-electron chi connectivity index (χ0n) is 43.9. The first-order valence-electron chi connectivity index (χ1n) is 27.7. The van der Waals surface area contributed by atoms with Crippen LogP contribution in [-0.2, 0) is 18.4 Å². The van der Waals surface area contributed by atoms with Gasteiger partial charge in [0.2, 0.25) is 5.91 Å². The molecule has 3 atom stereocenters. The van der Waals surface area contributed by atoms with Crippen LogP contribution in [-0.4, -0.2) is 68.5 Å². The summed E-state index contributed by atoms with van der Waals surface area (Å²) < 4.78 is 23.2.